The average Bonchev–Trinajstić information content (AvgIpc) is 2.19. The highest BCUT2D eigenvalue weighted by Gasteiger charge is 1.92. The van der Waals surface area contributed by atoms with E-state index in [0.717, 1.165) is 18.6 Å². The van der Waals surface area contributed by atoms with Crippen molar-refractivity contribution in [1.82, 2.24) is 0 Å². The number of hydrogen-bond donors (Lipinski definition) is 0. The second-order valence-electron chi connectivity index (χ2n) is 2.96. The highest BCUT2D eigenvalue weighted by Crippen LogP contribution is 2.12. The van der Waals surface area contributed by atoms with Crippen molar-refractivity contribution in [1.29, 1.82) is 0 Å². The highest BCUT2D eigenvalue weighted by atomic mass is 16.5. The van der Waals surface area contributed by atoms with Gasteiger partial charge in [0.15, 0.2) is 0 Å². The number of allylic oxidation sites excluding steroid dienone is 2. The first-order valence-electron chi connectivity index (χ1n) is 4.61. The van der Waals surface area contributed by atoms with E-state index in [1.54, 1.807) is 7.11 Å². The molecule has 0 aliphatic rings. The summed E-state index contributed by atoms with van der Waals surface area (Å²) in [5.41, 5.74) is 1.36. The van der Waals surface area contributed by atoms with Gasteiger partial charge in [-0.05, 0) is 37.5 Å². The summed E-state index contributed by atoms with van der Waals surface area (Å²) in [7, 11) is 1.69. The number of rotatable bonds is 4. The summed E-state index contributed by atoms with van der Waals surface area (Å²) < 4.78 is 5.08. The number of methoxy groups -OCH3 is 1. The molecule has 0 saturated heterocycles. The zero-order chi connectivity index (χ0) is 9.52. The fourth-order valence-corrected chi connectivity index (χ4v) is 1.21. The summed E-state index contributed by atoms with van der Waals surface area (Å²) in [6, 6.07) is 8.24. The van der Waals surface area contributed by atoms with Gasteiger partial charge >= 0.3 is 0 Å². The van der Waals surface area contributed by atoms with Gasteiger partial charge in [0.05, 0.1) is 7.11 Å². The molecule has 1 aromatic carbocycles. The predicted molar refractivity (Wildman–Crippen MR) is 56.1 cm³/mol. The molecule has 70 valence electrons. The van der Waals surface area contributed by atoms with Crippen LogP contribution in [0.5, 0.6) is 5.75 Å². The molecule has 0 spiro atoms. The van der Waals surface area contributed by atoms with Gasteiger partial charge in [0.2, 0.25) is 0 Å². The van der Waals surface area contributed by atoms with Gasteiger partial charge in [0.1, 0.15) is 5.75 Å². The Morgan fingerprint density at radius 3 is 2.46 bits per heavy atom. The van der Waals surface area contributed by atoms with Gasteiger partial charge in [-0.1, -0.05) is 24.3 Å². The molecule has 0 bridgehead atoms. The summed E-state index contributed by atoms with van der Waals surface area (Å²) >= 11 is 0. The lowest BCUT2D eigenvalue weighted by molar-refractivity contribution is 0.414. The lowest BCUT2D eigenvalue weighted by Crippen LogP contribution is -1.85. The van der Waals surface area contributed by atoms with Crippen LogP contribution in [0.1, 0.15) is 18.9 Å². The van der Waals surface area contributed by atoms with Crippen molar-refractivity contribution in [2.45, 2.75) is 19.8 Å². The number of aryl methyl sites for hydroxylation is 1. The lowest BCUT2D eigenvalue weighted by Gasteiger charge is -2.01. The van der Waals surface area contributed by atoms with E-state index in [1.165, 1.54) is 5.56 Å². The van der Waals surface area contributed by atoms with Gasteiger partial charge in [-0.25, -0.2) is 0 Å². The van der Waals surface area contributed by atoms with Gasteiger partial charge in [0, 0.05) is 0 Å². The molecule has 13 heavy (non-hydrogen) atoms. The summed E-state index contributed by atoms with van der Waals surface area (Å²) in [5.74, 6) is 0.926. The lowest BCUT2D eigenvalue weighted by atomic mass is 10.1. The quantitative estimate of drug-likeness (QED) is 0.640. The van der Waals surface area contributed by atoms with Crippen LogP contribution in [0.2, 0.25) is 0 Å². The van der Waals surface area contributed by atoms with Gasteiger partial charge in [-0.15, -0.1) is 0 Å². The van der Waals surface area contributed by atoms with Crippen LogP contribution in [-0.4, -0.2) is 7.11 Å². The number of hydrogen-bond acceptors (Lipinski definition) is 1. The van der Waals surface area contributed by atoms with Crippen LogP contribution in [0.25, 0.3) is 0 Å². The van der Waals surface area contributed by atoms with Crippen LogP contribution in [0.15, 0.2) is 36.4 Å². The third kappa shape index (κ3) is 3.32. The molecule has 0 aliphatic carbocycles. The fraction of sp³-hybridized carbons (Fsp3) is 0.333. The maximum Gasteiger partial charge on any atom is 0.118 e. The molecule has 0 radical (unpaired) electrons. The Bertz CT molecular complexity index is 259. The van der Waals surface area contributed by atoms with Crippen molar-refractivity contribution in [3.05, 3.63) is 42.0 Å². The molecule has 0 amide bonds. The van der Waals surface area contributed by atoms with Crippen molar-refractivity contribution >= 4 is 0 Å². The van der Waals surface area contributed by atoms with E-state index in [0.29, 0.717) is 0 Å². The standard InChI is InChI=1S/C12H16O/c1-3-4-5-6-11-7-9-12(13-2)10-8-11/h3-4,7-10H,5-6H2,1-2H3/b4-3-. The third-order valence-corrected chi connectivity index (χ3v) is 1.99. The van der Waals surface area contributed by atoms with E-state index >= 15 is 0 Å². The van der Waals surface area contributed by atoms with E-state index in [4.69, 9.17) is 4.74 Å². The van der Waals surface area contributed by atoms with Crippen molar-refractivity contribution < 1.29 is 4.74 Å². The van der Waals surface area contributed by atoms with Crippen LogP contribution < -0.4 is 4.74 Å². The first-order valence-corrected chi connectivity index (χ1v) is 4.61. The van der Waals surface area contributed by atoms with E-state index in [9.17, 15) is 0 Å². The molecular weight excluding hydrogens is 160 g/mol. The molecule has 1 aromatic rings. The summed E-state index contributed by atoms with van der Waals surface area (Å²) in [6.45, 7) is 2.05. The molecule has 0 N–H and O–H groups in total. The Morgan fingerprint density at radius 1 is 1.23 bits per heavy atom. The molecule has 0 aliphatic heterocycles. The predicted octanol–water partition coefficient (Wildman–Crippen LogP) is 3.20. The SMILES string of the molecule is C/C=C\CCc1ccc(OC)cc1. The summed E-state index contributed by atoms with van der Waals surface area (Å²) in [6.07, 6.45) is 6.49. The van der Waals surface area contributed by atoms with Crippen LogP contribution in [0.3, 0.4) is 0 Å². The largest absolute Gasteiger partial charge is 0.497 e. The highest BCUT2D eigenvalue weighted by molar-refractivity contribution is 5.27. The van der Waals surface area contributed by atoms with E-state index < -0.39 is 0 Å². The number of ether oxygens (including phenoxy) is 1. The molecule has 0 saturated carbocycles. The fourth-order valence-electron chi connectivity index (χ4n) is 1.21. The monoisotopic (exact) mass is 176 g/mol. The second kappa shape index (κ2) is 5.41. The topological polar surface area (TPSA) is 9.23 Å². The normalized spacial score (nSPS) is 10.6. The van der Waals surface area contributed by atoms with Crippen LogP contribution in [0.4, 0.5) is 0 Å². The molecular formula is C12H16O. The molecule has 1 rings (SSSR count). The van der Waals surface area contributed by atoms with Crippen LogP contribution in [-0.2, 0) is 6.42 Å². The Kier molecular flexibility index (Phi) is 4.10. The second-order valence-corrected chi connectivity index (χ2v) is 2.96. The minimum atomic E-state index is 0.926. The smallest absolute Gasteiger partial charge is 0.118 e. The Morgan fingerprint density at radius 2 is 1.92 bits per heavy atom. The molecule has 0 unspecified atom stereocenters. The minimum Gasteiger partial charge on any atom is -0.497 e. The molecule has 1 nitrogen and oxygen atoms in total. The average molecular weight is 176 g/mol. The Hall–Kier alpha value is -1.24. The molecule has 0 atom stereocenters. The zero-order valence-electron chi connectivity index (χ0n) is 8.29. The van der Waals surface area contributed by atoms with Gasteiger partial charge < -0.3 is 4.74 Å². The maximum absolute atomic E-state index is 5.08. The van der Waals surface area contributed by atoms with Crippen molar-refractivity contribution in [2.24, 2.45) is 0 Å². The van der Waals surface area contributed by atoms with Crippen molar-refractivity contribution in [2.75, 3.05) is 7.11 Å². The number of benzene rings is 1. The van der Waals surface area contributed by atoms with Crippen LogP contribution in [0, 0.1) is 0 Å². The summed E-state index contributed by atoms with van der Waals surface area (Å²) in [5, 5.41) is 0. The minimum absolute atomic E-state index is 0.926. The van der Waals surface area contributed by atoms with E-state index in [-0.39, 0.29) is 0 Å². The van der Waals surface area contributed by atoms with E-state index in [1.807, 2.05) is 19.1 Å². The first-order chi connectivity index (χ1) is 6.36. The van der Waals surface area contributed by atoms with Gasteiger partial charge in [0.25, 0.3) is 0 Å². The van der Waals surface area contributed by atoms with Gasteiger partial charge in [-0.3, -0.25) is 0 Å². The van der Waals surface area contributed by atoms with Gasteiger partial charge in [-0.2, -0.15) is 0 Å². The molecule has 0 heterocycles. The third-order valence-electron chi connectivity index (χ3n) is 1.99. The van der Waals surface area contributed by atoms with Crippen molar-refractivity contribution in [3.8, 4) is 5.75 Å². The van der Waals surface area contributed by atoms with Crippen molar-refractivity contribution in [3.63, 3.8) is 0 Å². The van der Waals surface area contributed by atoms with E-state index in [2.05, 4.69) is 24.3 Å². The first kappa shape index (κ1) is 9.85. The zero-order valence-corrected chi connectivity index (χ0v) is 8.29. The Labute approximate surface area is 80.0 Å². The van der Waals surface area contributed by atoms with Crippen LogP contribution >= 0.6 is 0 Å². The summed E-state index contributed by atoms with van der Waals surface area (Å²) in [4.78, 5) is 0. The maximum atomic E-state index is 5.08. The molecule has 1 heteroatoms. The molecule has 0 aromatic heterocycles. The Balaban J connectivity index is 2.49. The molecule has 0 fully saturated rings.